The van der Waals surface area contributed by atoms with Gasteiger partial charge in [-0.3, -0.25) is 9.78 Å². The smallest absolute Gasteiger partial charge is 0.274 e. The summed E-state index contributed by atoms with van der Waals surface area (Å²) in [6.07, 6.45) is 3.78. The van der Waals surface area contributed by atoms with Crippen molar-refractivity contribution in [2.45, 2.75) is 18.9 Å². The third-order valence-corrected chi connectivity index (χ3v) is 3.12. The highest BCUT2D eigenvalue weighted by Gasteiger charge is 2.21. The first kappa shape index (κ1) is 13.5. The Morgan fingerprint density at radius 1 is 1.10 bits per heavy atom. The molecule has 6 heteroatoms. The summed E-state index contributed by atoms with van der Waals surface area (Å²) in [7, 11) is 0. The summed E-state index contributed by atoms with van der Waals surface area (Å²) in [4.78, 5) is 16.0. The van der Waals surface area contributed by atoms with Crippen molar-refractivity contribution in [1.29, 1.82) is 0 Å². The molecule has 1 aromatic carbocycles. The van der Waals surface area contributed by atoms with E-state index >= 15 is 0 Å². The predicted molar refractivity (Wildman–Crippen MR) is 75.2 cm³/mol. The number of nitrogens with zero attached hydrogens (tertiary/aromatic N) is 1. The van der Waals surface area contributed by atoms with Gasteiger partial charge in [0.1, 0.15) is 5.69 Å². The molecule has 1 saturated carbocycles. The highest BCUT2D eigenvalue weighted by atomic mass is 19.2. The summed E-state index contributed by atoms with van der Waals surface area (Å²) in [5.41, 5.74) is 1.22. The summed E-state index contributed by atoms with van der Waals surface area (Å²) in [5, 5.41) is 5.75. The Bertz CT molecular complexity index is 686. The molecule has 1 aliphatic rings. The van der Waals surface area contributed by atoms with Gasteiger partial charge < -0.3 is 10.6 Å². The van der Waals surface area contributed by atoms with E-state index in [1.165, 1.54) is 12.3 Å². The SMILES string of the molecule is O=C(Nc1ccc(F)c(F)c1)c1cc(NC2CC2)ccn1. The second-order valence-corrected chi connectivity index (χ2v) is 4.93. The van der Waals surface area contributed by atoms with Crippen molar-refractivity contribution >= 4 is 17.3 Å². The van der Waals surface area contributed by atoms with Crippen LogP contribution in [-0.4, -0.2) is 16.9 Å². The van der Waals surface area contributed by atoms with Crippen LogP contribution in [0.2, 0.25) is 0 Å². The first-order chi connectivity index (χ1) is 10.1. The number of aromatic nitrogens is 1. The van der Waals surface area contributed by atoms with Crippen molar-refractivity contribution in [3.63, 3.8) is 0 Å². The molecule has 2 N–H and O–H groups in total. The van der Waals surface area contributed by atoms with Gasteiger partial charge in [-0.05, 0) is 37.1 Å². The van der Waals surface area contributed by atoms with Crippen LogP contribution in [0.4, 0.5) is 20.2 Å². The molecule has 1 heterocycles. The molecule has 1 aliphatic carbocycles. The van der Waals surface area contributed by atoms with Crippen LogP contribution in [0.5, 0.6) is 0 Å². The van der Waals surface area contributed by atoms with Crippen molar-refractivity contribution in [3.8, 4) is 0 Å². The molecular formula is C15H13F2N3O. The number of halogens is 2. The molecule has 0 aliphatic heterocycles. The summed E-state index contributed by atoms with van der Waals surface area (Å²) in [6.45, 7) is 0. The summed E-state index contributed by atoms with van der Waals surface area (Å²) >= 11 is 0. The third-order valence-electron chi connectivity index (χ3n) is 3.12. The van der Waals surface area contributed by atoms with Gasteiger partial charge in [0.05, 0.1) is 0 Å². The quantitative estimate of drug-likeness (QED) is 0.909. The van der Waals surface area contributed by atoms with Crippen molar-refractivity contribution < 1.29 is 13.6 Å². The second kappa shape index (κ2) is 5.47. The largest absolute Gasteiger partial charge is 0.382 e. The number of pyridine rings is 1. The summed E-state index contributed by atoms with van der Waals surface area (Å²) in [5.74, 6) is -2.44. The molecule has 21 heavy (non-hydrogen) atoms. The van der Waals surface area contributed by atoms with Crippen LogP contribution in [0.15, 0.2) is 36.5 Å². The van der Waals surface area contributed by atoms with E-state index in [-0.39, 0.29) is 11.4 Å². The zero-order valence-electron chi connectivity index (χ0n) is 11.1. The highest BCUT2D eigenvalue weighted by Crippen LogP contribution is 2.24. The van der Waals surface area contributed by atoms with E-state index in [1.807, 2.05) is 0 Å². The fraction of sp³-hybridized carbons (Fsp3) is 0.200. The third kappa shape index (κ3) is 3.34. The number of rotatable bonds is 4. The van der Waals surface area contributed by atoms with E-state index in [4.69, 9.17) is 0 Å². The van der Waals surface area contributed by atoms with Crippen LogP contribution < -0.4 is 10.6 Å². The molecule has 0 spiro atoms. The lowest BCUT2D eigenvalue weighted by atomic mass is 10.2. The molecule has 0 unspecified atom stereocenters. The molecular weight excluding hydrogens is 276 g/mol. The molecule has 0 saturated heterocycles. The Morgan fingerprint density at radius 2 is 1.90 bits per heavy atom. The number of hydrogen-bond donors (Lipinski definition) is 2. The van der Waals surface area contributed by atoms with Crippen molar-refractivity contribution in [3.05, 3.63) is 53.9 Å². The number of nitrogens with one attached hydrogen (secondary N) is 2. The van der Waals surface area contributed by atoms with E-state index in [9.17, 15) is 13.6 Å². The predicted octanol–water partition coefficient (Wildman–Crippen LogP) is 3.19. The Hall–Kier alpha value is -2.50. The van der Waals surface area contributed by atoms with Crippen LogP contribution in [0, 0.1) is 11.6 Å². The fourth-order valence-electron chi connectivity index (χ4n) is 1.88. The minimum absolute atomic E-state index is 0.182. The highest BCUT2D eigenvalue weighted by molar-refractivity contribution is 6.03. The molecule has 3 rings (SSSR count). The van der Waals surface area contributed by atoms with Gasteiger partial charge in [-0.2, -0.15) is 0 Å². The van der Waals surface area contributed by atoms with E-state index in [0.717, 1.165) is 30.7 Å². The van der Waals surface area contributed by atoms with Gasteiger partial charge in [-0.1, -0.05) is 0 Å². The van der Waals surface area contributed by atoms with Crippen molar-refractivity contribution in [2.24, 2.45) is 0 Å². The van der Waals surface area contributed by atoms with Crippen LogP contribution >= 0.6 is 0 Å². The number of carbonyl (C=O) groups excluding carboxylic acids is 1. The first-order valence-electron chi connectivity index (χ1n) is 6.61. The molecule has 1 aromatic heterocycles. The lowest BCUT2D eigenvalue weighted by molar-refractivity contribution is 0.102. The van der Waals surface area contributed by atoms with Crippen molar-refractivity contribution in [2.75, 3.05) is 10.6 Å². The van der Waals surface area contributed by atoms with Gasteiger partial charge in [-0.25, -0.2) is 8.78 Å². The average molecular weight is 289 g/mol. The van der Waals surface area contributed by atoms with Gasteiger partial charge in [0.15, 0.2) is 11.6 Å². The van der Waals surface area contributed by atoms with Gasteiger partial charge >= 0.3 is 0 Å². The molecule has 1 amide bonds. The zero-order valence-corrected chi connectivity index (χ0v) is 11.1. The minimum atomic E-state index is -1.01. The second-order valence-electron chi connectivity index (χ2n) is 4.93. The van der Waals surface area contributed by atoms with Crippen LogP contribution in [0.25, 0.3) is 0 Å². The summed E-state index contributed by atoms with van der Waals surface area (Å²) in [6, 6.07) is 7.07. The number of anilines is 2. The van der Waals surface area contributed by atoms with Gasteiger partial charge in [-0.15, -0.1) is 0 Å². The first-order valence-corrected chi connectivity index (χ1v) is 6.61. The monoisotopic (exact) mass is 289 g/mol. The topological polar surface area (TPSA) is 54.0 Å². The Balaban J connectivity index is 1.73. The van der Waals surface area contributed by atoms with Crippen LogP contribution in [-0.2, 0) is 0 Å². The molecule has 2 aromatic rings. The standard InChI is InChI=1S/C15H13F2N3O/c16-12-4-3-10(7-13(12)17)20-15(21)14-8-11(5-6-18-14)19-9-1-2-9/h3-9H,1-2H2,(H,18,19)(H,20,21). The fourth-order valence-corrected chi connectivity index (χ4v) is 1.88. The van der Waals surface area contributed by atoms with Crippen LogP contribution in [0.1, 0.15) is 23.3 Å². The molecule has 108 valence electrons. The molecule has 1 fully saturated rings. The Kier molecular flexibility index (Phi) is 3.51. The lowest BCUT2D eigenvalue weighted by Crippen LogP contribution is -2.14. The van der Waals surface area contributed by atoms with Gasteiger partial charge in [0.2, 0.25) is 0 Å². The van der Waals surface area contributed by atoms with Gasteiger partial charge in [0, 0.05) is 29.7 Å². The zero-order chi connectivity index (χ0) is 14.8. The number of benzene rings is 1. The number of amides is 1. The van der Waals surface area contributed by atoms with Gasteiger partial charge in [0.25, 0.3) is 5.91 Å². The number of carbonyl (C=O) groups is 1. The molecule has 4 nitrogen and oxygen atoms in total. The maximum atomic E-state index is 13.1. The molecule has 0 bridgehead atoms. The Labute approximate surface area is 120 Å². The lowest BCUT2D eigenvalue weighted by Gasteiger charge is -2.08. The number of hydrogen-bond acceptors (Lipinski definition) is 3. The van der Waals surface area contributed by atoms with E-state index in [0.29, 0.717) is 6.04 Å². The van der Waals surface area contributed by atoms with Crippen molar-refractivity contribution in [1.82, 2.24) is 4.98 Å². The Morgan fingerprint density at radius 3 is 2.62 bits per heavy atom. The van der Waals surface area contributed by atoms with E-state index in [1.54, 1.807) is 12.1 Å². The average Bonchev–Trinajstić information content (AvgIpc) is 3.27. The normalized spacial score (nSPS) is 13.8. The van der Waals surface area contributed by atoms with Crippen LogP contribution in [0.3, 0.4) is 0 Å². The van der Waals surface area contributed by atoms with E-state index < -0.39 is 17.5 Å². The van der Waals surface area contributed by atoms with E-state index in [2.05, 4.69) is 15.6 Å². The summed E-state index contributed by atoms with van der Waals surface area (Å²) < 4.78 is 25.9. The maximum Gasteiger partial charge on any atom is 0.274 e. The maximum absolute atomic E-state index is 13.1. The molecule has 0 atom stereocenters. The minimum Gasteiger partial charge on any atom is -0.382 e. The molecule has 0 radical (unpaired) electrons.